The molecule has 0 bridgehead atoms. The summed E-state index contributed by atoms with van der Waals surface area (Å²) in [5.74, 6) is -0.255. The fourth-order valence-corrected chi connectivity index (χ4v) is 2.17. The van der Waals surface area contributed by atoms with Crippen LogP contribution in [0.4, 0.5) is 5.69 Å². The summed E-state index contributed by atoms with van der Waals surface area (Å²) >= 11 is 0. The van der Waals surface area contributed by atoms with Gasteiger partial charge in [0.2, 0.25) is 11.8 Å². The Morgan fingerprint density at radius 3 is 2.62 bits per heavy atom. The van der Waals surface area contributed by atoms with E-state index in [9.17, 15) is 9.59 Å². The Balaban J connectivity index is 1.93. The Labute approximate surface area is 124 Å². The zero-order valence-corrected chi connectivity index (χ0v) is 12.1. The first-order valence-corrected chi connectivity index (χ1v) is 7.07. The number of nitrogens with two attached hydrogens (primary N) is 1. The summed E-state index contributed by atoms with van der Waals surface area (Å²) in [6.45, 7) is 3.25. The molecule has 1 unspecified atom stereocenters. The lowest BCUT2D eigenvalue weighted by molar-refractivity contribution is -0.121. The fraction of sp³-hybridized carbons (Fsp3) is 0.467. The van der Waals surface area contributed by atoms with E-state index in [2.05, 4.69) is 10.6 Å². The van der Waals surface area contributed by atoms with Crippen molar-refractivity contribution in [2.75, 3.05) is 25.1 Å². The Bertz CT molecular complexity index is 507. The Kier molecular flexibility index (Phi) is 4.93. The summed E-state index contributed by atoms with van der Waals surface area (Å²) in [7, 11) is 0. The van der Waals surface area contributed by atoms with Crippen LogP contribution in [0.25, 0.3) is 0 Å². The number of rotatable bonds is 5. The highest BCUT2D eigenvalue weighted by Crippen LogP contribution is 2.18. The van der Waals surface area contributed by atoms with Gasteiger partial charge in [-0.25, -0.2) is 0 Å². The van der Waals surface area contributed by atoms with Crippen LogP contribution in [0.15, 0.2) is 24.3 Å². The van der Waals surface area contributed by atoms with Crippen LogP contribution in [0.3, 0.4) is 0 Å². The van der Waals surface area contributed by atoms with E-state index in [0.717, 1.165) is 5.56 Å². The van der Waals surface area contributed by atoms with Crippen LogP contribution in [0, 0.1) is 0 Å². The molecule has 1 aromatic carbocycles. The molecule has 1 heterocycles. The summed E-state index contributed by atoms with van der Waals surface area (Å²) in [5.41, 5.74) is 6.60. The van der Waals surface area contributed by atoms with Crippen molar-refractivity contribution in [3.05, 3.63) is 29.8 Å². The SMILES string of the molecule is CCNC(=O)Cc1ccc(NC(=O)C2(N)CCOC2)cc1. The van der Waals surface area contributed by atoms with Gasteiger partial charge in [0.05, 0.1) is 13.0 Å². The van der Waals surface area contributed by atoms with Gasteiger partial charge in [-0.1, -0.05) is 12.1 Å². The molecule has 2 amide bonds. The molecule has 0 spiro atoms. The number of ether oxygens (including phenoxy) is 1. The van der Waals surface area contributed by atoms with Crippen molar-refractivity contribution in [1.82, 2.24) is 5.32 Å². The van der Waals surface area contributed by atoms with Crippen LogP contribution in [0.1, 0.15) is 18.9 Å². The third-order valence-electron chi connectivity index (χ3n) is 3.45. The van der Waals surface area contributed by atoms with Crippen LogP contribution < -0.4 is 16.4 Å². The number of hydrogen-bond acceptors (Lipinski definition) is 4. The van der Waals surface area contributed by atoms with Gasteiger partial charge in [0, 0.05) is 18.8 Å². The van der Waals surface area contributed by atoms with Crippen LogP contribution >= 0.6 is 0 Å². The molecular weight excluding hydrogens is 270 g/mol. The van der Waals surface area contributed by atoms with Gasteiger partial charge in [-0.05, 0) is 31.0 Å². The molecule has 1 aliphatic rings. The summed E-state index contributed by atoms with van der Waals surface area (Å²) in [5, 5.41) is 5.53. The van der Waals surface area contributed by atoms with Crippen LogP contribution in [-0.2, 0) is 20.7 Å². The van der Waals surface area contributed by atoms with E-state index >= 15 is 0 Å². The van der Waals surface area contributed by atoms with Gasteiger partial charge in [-0.15, -0.1) is 0 Å². The largest absolute Gasteiger partial charge is 0.379 e. The minimum absolute atomic E-state index is 0.0155. The number of anilines is 1. The second-order valence-corrected chi connectivity index (χ2v) is 5.24. The van der Waals surface area contributed by atoms with Crippen molar-refractivity contribution in [2.24, 2.45) is 5.73 Å². The molecule has 0 aliphatic carbocycles. The van der Waals surface area contributed by atoms with Crippen molar-refractivity contribution >= 4 is 17.5 Å². The maximum absolute atomic E-state index is 12.1. The van der Waals surface area contributed by atoms with Gasteiger partial charge in [0.15, 0.2) is 0 Å². The van der Waals surface area contributed by atoms with E-state index in [0.29, 0.717) is 31.7 Å². The fourth-order valence-electron chi connectivity index (χ4n) is 2.17. The molecule has 114 valence electrons. The highest BCUT2D eigenvalue weighted by atomic mass is 16.5. The first kappa shape index (κ1) is 15.5. The number of benzene rings is 1. The molecule has 4 N–H and O–H groups in total. The van der Waals surface area contributed by atoms with E-state index in [4.69, 9.17) is 10.5 Å². The Morgan fingerprint density at radius 1 is 1.33 bits per heavy atom. The van der Waals surface area contributed by atoms with Crippen molar-refractivity contribution in [3.8, 4) is 0 Å². The van der Waals surface area contributed by atoms with E-state index in [1.807, 2.05) is 19.1 Å². The molecule has 1 fully saturated rings. The standard InChI is InChI=1S/C15H21N3O3/c1-2-17-13(19)9-11-3-5-12(6-4-11)18-14(20)15(16)7-8-21-10-15/h3-6H,2,7-10,16H2,1H3,(H,17,19)(H,18,20). The van der Waals surface area contributed by atoms with Crippen molar-refractivity contribution in [1.29, 1.82) is 0 Å². The maximum atomic E-state index is 12.1. The van der Waals surface area contributed by atoms with Crippen LogP contribution in [0.5, 0.6) is 0 Å². The normalized spacial score (nSPS) is 21.0. The summed E-state index contributed by atoms with van der Waals surface area (Å²) in [6.07, 6.45) is 0.852. The lowest BCUT2D eigenvalue weighted by Crippen LogP contribution is -2.51. The van der Waals surface area contributed by atoms with Crippen LogP contribution in [0.2, 0.25) is 0 Å². The van der Waals surface area contributed by atoms with Crippen molar-refractivity contribution < 1.29 is 14.3 Å². The Hall–Kier alpha value is -1.92. The van der Waals surface area contributed by atoms with E-state index in [1.54, 1.807) is 12.1 Å². The second kappa shape index (κ2) is 6.69. The lowest BCUT2D eigenvalue weighted by atomic mass is 9.99. The summed E-state index contributed by atoms with van der Waals surface area (Å²) in [6, 6.07) is 7.18. The molecule has 1 saturated heterocycles. The zero-order valence-electron chi connectivity index (χ0n) is 12.1. The second-order valence-electron chi connectivity index (χ2n) is 5.24. The first-order chi connectivity index (χ1) is 10.0. The van der Waals surface area contributed by atoms with Gasteiger partial charge in [0.25, 0.3) is 0 Å². The lowest BCUT2D eigenvalue weighted by Gasteiger charge is -2.20. The maximum Gasteiger partial charge on any atom is 0.246 e. The molecule has 1 aliphatic heterocycles. The average molecular weight is 291 g/mol. The molecule has 21 heavy (non-hydrogen) atoms. The predicted octanol–water partition coefficient (Wildman–Crippen LogP) is 0.422. The third-order valence-corrected chi connectivity index (χ3v) is 3.45. The molecule has 1 atom stereocenters. The predicted molar refractivity (Wildman–Crippen MR) is 79.8 cm³/mol. The van der Waals surface area contributed by atoms with Crippen LogP contribution in [-0.4, -0.2) is 37.1 Å². The molecule has 0 radical (unpaired) electrons. The van der Waals surface area contributed by atoms with E-state index in [1.165, 1.54) is 0 Å². The average Bonchev–Trinajstić information content (AvgIpc) is 2.89. The topological polar surface area (TPSA) is 93.5 Å². The number of carbonyl (C=O) groups excluding carboxylic acids is 2. The van der Waals surface area contributed by atoms with E-state index in [-0.39, 0.29) is 18.4 Å². The summed E-state index contributed by atoms with van der Waals surface area (Å²) in [4.78, 5) is 23.6. The minimum Gasteiger partial charge on any atom is -0.379 e. The molecule has 6 heteroatoms. The number of nitrogens with one attached hydrogen (secondary N) is 2. The molecule has 0 saturated carbocycles. The van der Waals surface area contributed by atoms with Gasteiger partial charge < -0.3 is 21.1 Å². The van der Waals surface area contributed by atoms with Gasteiger partial charge in [-0.2, -0.15) is 0 Å². The number of carbonyl (C=O) groups is 2. The monoisotopic (exact) mass is 291 g/mol. The molecule has 2 rings (SSSR count). The summed E-state index contributed by atoms with van der Waals surface area (Å²) < 4.78 is 5.17. The van der Waals surface area contributed by atoms with Crippen molar-refractivity contribution in [3.63, 3.8) is 0 Å². The van der Waals surface area contributed by atoms with Gasteiger partial charge >= 0.3 is 0 Å². The molecule has 0 aromatic heterocycles. The number of likely N-dealkylation sites (N-methyl/N-ethyl adjacent to an activating group) is 1. The minimum atomic E-state index is -0.945. The number of amides is 2. The van der Waals surface area contributed by atoms with Gasteiger partial charge in [-0.3, -0.25) is 9.59 Å². The number of hydrogen-bond donors (Lipinski definition) is 3. The molecular formula is C15H21N3O3. The Morgan fingerprint density at radius 2 is 2.05 bits per heavy atom. The molecule has 6 nitrogen and oxygen atoms in total. The van der Waals surface area contributed by atoms with Crippen molar-refractivity contribution in [2.45, 2.75) is 25.3 Å². The molecule has 1 aromatic rings. The smallest absolute Gasteiger partial charge is 0.246 e. The van der Waals surface area contributed by atoms with E-state index < -0.39 is 5.54 Å². The first-order valence-electron chi connectivity index (χ1n) is 7.07. The highest BCUT2D eigenvalue weighted by Gasteiger charge is 2.38. The third kappa shape index (κ3) is 4.03. The highest BCUT2D eigenvalue weighted by molar-refractivity contribution is 5.98. The zero-order chi connectivity index (χ0) is 15.3. The van der Waals surface area contributed by atoms with Gasteiger partial charge in [0.1, 0.15) is 5.54 Å². The quantitative estimate of drug-likeness (QED) is 0.733.